The zero-order chi connectivity index (χ0) is 16.8. The SMILES string of the molecule is CCc1ccc(C(C)NC(=O)C(=O)Nc2cc(C)ccn2)cc1. The van der Waals surface area contributed by atoms with E-state index >= 15 is 0 Å². The number of hydrogen-bond donors (Lipinski definition) is 2. The van der Waals surface area contributed by atoms with Gasteiger partial charge in [0.2, 0.25) is 0 Å². The fraction of sp³-hybridized carbons (Fsp3) is 0.278. The quantitative estimate of drug-likeness (QED) is 0.853. The molecule has 2 aromatic rings. The lowest BCUT2D eigenvalue weighted by Crippen LogP contribution is -2.37. The summed E-state index contributed by atoms with van der Waals surface area (Å²) < 4.78 is 0. The van der Waals surface area contributed by atoms with E-state index in [0.29, 0.717) is 5.82 Å². The Morgan fingerprint density at radius 2 is 1.83 bits per heavy atom. The van der Waals surface area contributed by atoms with Gasteiger partial charge in [0, 0.05) is 6.20 Å². The average molecular weight is 311 g/mol. The van der Waals surface area contributed by atoms with Gasteiger partial charge in [-0.3, -0.25) is 9.59 Å². The third-order valence-corrected chi connectivity index (χ3v) is 3.60. The van der Waals surface area contributed by atoms with E-state index in [9.17, 15) is 9.59 Å². The van der Waals surface area contributed by atoms with Gasteiger partial charge in [-0.05, 0) is 49.1 Å². The summed E-state index contributed by atoms with van der Waals surface area (Å²) in [5.41, 5.74) is 3.15. The maximum atomic E-state index is 12.0. The van der Waals surface area contributed by atoms with E-state index < -0.39 is 11.8 Å². The Morgan fingerprint density at radius 3 is 2.43 bits per heavy atom. The zero-order valence-electron chi connectivity index (χ0n) is 13.6. The van der Waals surface area contributed by atoms with E-state index in [1.54, 1.807) is 12.3 Å². The topological polar surface area (TPSA) is 71.1 Å². The van der Waals surface area contributed by atoms with Crippen molar-refractivity contribution in [2.24, 2.45) is 0 Å². The fourth-order valence-corrected chi connectivity index (χ4v) is 2.17. The molecule has 1 heterocycles. The maximum Gasteiger partial charge on any atom is 0.314 e. The minimum absolute atomic E-state index is 0.246. The number of amides is 2. The first-order valence-corrected chi connectivity index (χ1v) is 7.63. The van der Waals surface area contributed by atoms with Crippen LogP contribution in [0.4, 0.5) is 5.82 Å². The van der Waals surface area contributed by atoms with E-state index in [0.717, 1.165) is 17.5 Å². The molecule has 0 saturated carbocycles. The molecule has 5 nitrogen and oxygen atoms in total. The molecule has 5 heteroatoms. The molecule has 1 aromatic carbocycles. The Labute approximate surface area is 136 Å². The lowest BCUT2D eigenvalue weighted by molar-refractivity contribution is -0.136. The van der Waals surface area contributed by atoms with Crippen LogP contribution in [0.15, 0.2) is 42.6 Å². The van der Waals surface area contributed by atoms with Crippen molar-refractivity contribution in [1.29, 1.82) is 0 Å². The van der Waals surface area contributed by atoms with Crippen LogP contribution in [0.2, 0.25) is 0 Å². The van der Waals surface area contributed by atoms with Crippen LogP contribution in [0, 0.1) is 6.92 Å². The van der Waals surface area contributed by atoms with E-state index in [2.05, 4.69) is 22.5 Å². The molecule has 1 aromatic heterocycles. The first-order chi connectivity index (χ1) is 11.0. The Balaban J connectivity index is 1.95. The number of anilines is 1. The summed E-state index contributed by atoms with van der Waals surface area (Å²) >= 11 is 0. The van der Waals surface area contributed by atoms with Gasteiger partial charge >= 0.3 is 11.8 Å². The molecule has 0 radical (unpaired) electrons. The maximum absolute atomic E-state index is 12.0. The molecule has 2 rings (SSSR count). The van der Waals surface area contributed by atoms with Crippen molar-refractivity contribution < 1.29 is 9.59 Å². The van der Waals surface area contributed by atoms with Crippen molar-refractivity contribution in [3.63, 3.8) is 0 Å². The van der Waals surface area contributed by atoms with Crippen LogP contribution in [0.1, 0.15) is 36.6 Å². The van der Waals surface area contributed by atoms with Gasteiger partial charge in [-0.25, -0.2) is 4.98 Å². The van der Waals surface area contributed by atoms with Crippen molar-refractivity contribution in [3.05, 3.63) is 59.3 Å². The van der Waals surface area contributed by atoms with Gasteiger partial charge in [-0.2, -0.15) is 0 Å². The van der Waals surface area contributed by atoms with Crippen LogP contribution in [0.25, 0.3) is 0 Å². The smallest absolute Gasteiger partial charge is 0.314 e. The Morgan fingerprint density at radius 1 is 1.13 bits per heavy atom. The van der Waals surface area contributed by atoms with Crippen molar-refractivity contribution in [2.75, 3.05) is 5.32 Å². The van der Waals surface area contributed by atoms with Crippen LogP contribution in [-0.4, -0.2) is 16.8 Å². The highest BCUT2D eigenvalue weighted by molar-refractivity contribution is 6.39. The van der Waals surface area contributed by atoms with E-state index in [1.807, 2.05) is 44.2 Å². The van der Waals surface area contributed by atoms with Crippen LogP contribution >= 0.6 is 0 Å². The molecule has 2 N–H and O–H groups in total. The van der Waals surface area contributed by atoms with Gasteiger partial charge < -0.3 is 10.6 Å². The number of nitrogens with one attached hydrogen (secondary N) is 2. The first-order valence-electron chi connectivity index (χ1n) is 7.63. The number of nitrogens with zero attached hydrogens (tertiary/aromatic N) is 1. The molecular weight excluding hydrogens is 290 g/mol. The minimum atomic E-state index is -0.722. The summed E-state index contributed by atoms with van der Waals surface area (Å²) in [6.45, 7) is 5.82. The van der Waals surface area contributed by atoms with Gasteiger partial charge in [-0.1, -0.05) is 31.2 Å². The highest BCUT2D eigenvalue weighted by Crippen LogP contribution is 2.14. The predicted octanol–water partition coefficient (Wildman–Crippen LogP) is 2.77. The van der Waals surface area contributed by atoms with Gasteiger partial charge in [0.05, 0.1) is 6.04 Å². The Bertz CT molecular complexity index is 696. The molecule has 0 aliphatic heterocycles. The molecule has 23 heavy (non-hydrogen) atoms. The van der Waals surface area contributed by atoms with Crippen molar-refractivity contribution in [2.45, 2.75) is 33.2 Å². The molecule has 0 aliphatic carbocycles. The number of hydrogen-bond acceptors (Lipinski definition) is 3. The van der Waals surface area contributed by atoms with Crippen LogP contribution in [0.5, 0.6) is 0 Å². The molecule has 1 atom stereocenters. The zero-order valence-corrected chi connectivity index (χ0v) is 13.6. The van der Waals surface area contributed by atoms with Crippen molar-refractivity contribution in [1.82, 2.24) is 10.3 Å². The summed E-state index contributed by atoms with van der Waals surface area (Å²) in [5.74, 6) is -1.04. The average Bonchev–Trinajstić information content (AvgIpc) is 2.54. The number of aryl methyl sites for hydroxylation is 2. The molecule has 0 saturated heterocycles. The van der Waals surface area contributed by atoms with Gasteiger partial charge in [0.15, 0.2) is 0 Å². The van der Waals surface area contributed by atoms with E-state index in [1.165, 1.54) is 5.56 Å². The third-order valence-electron chi connectivity index (χ3n) is 3.60. The highest BCUT2D eigenvalue weighted by atomic mass is 16.2. The van der Waals surface area contributed by atoms with Gasteiger partial charge in [-0.15, -0.1) is 0 Å². The largest absolute Gasteiger partial charge is 0.341 e. The monoisotopic (exact) mass is 311 g/mol. The summed E-state index contributed by atoms with van der Waals surface area (Å²) in [4.78, 5) is 27.9. The van der Waals surface area contributed by atoms with Gasteiger partial charge in [0.1, 0.15) is 5.82 Å². The Hall–Kier alpha value is -2.69. The second-order valence-corrected chi connectivity index (χ2v) is 5.46. The summed E-state index contributed by atoms with van der Waals surface area (Å²) in [6.07, 6.45) is 2.55. The number of pyridine rings is 1. The predicted molar refractivity (Wildman–Crippen MR) is 90.0 cm³/mol. The molecule has 0 aliphatic rings. The number of aromatic nitrogens is 1. The lowest BCUT2D eigenvalue weighted by Gasteiger charge is -2.14. The molecule has 1 unspecified atom stereocenters. The fourth-order valence-electron chi connectivity index (χ4n) is 2.17. The number of carbonyl (C=O) groups is 2. The van der Waals surface area contributed by atoms with E-state index in [4.69, 9.17) is 0 Å². The highest BCUT2D eigenvalue weighted by Gasteiger charge is 2.17. The number of rotatable bonds is 4. The second-order valence-electron chi connectivity index (χ2n) is 5.46. The Kier molecular flexibility index (Phi) is 5.46. The summed E-state index contributed by atoms with van der Waals surface area (Å²) in [5, 5.41) is 5.19. The number of carbonyl (C=O) groups excluding carboxylic acids is 2. The molecule has 0 fully saturated rings. The lowest BCUT2D eigenvalue weighted by atomic mass is 10.1. The standard InChI is InChI=1S/C18H21N3O2/c1-4-14-5-7-15(8-6-14)13(3)20-17(22)18(23)21-16-11-12(2)9-10-19-16/h5-11,13H,4H2,1-3H3,(H,20,22)(H,19,21,23). The summed E-state index contributed by atoms with van der Waals surface area (Å²) in [6, 6.07) is 11.2. The molecule has 0 bridgehead atoms. The summed E-state index contributed by atoms with van der Waals surface area (Å²) in [7, 11) is 0. The van der Waals surface area contributed by atoms with Crippen molar-refractivity contribution >= 4 is 17.6 Å². The molecular formula is C18H21N3O2. The molecule has 0 spiro atoms. The van der Waals surface area contributed by atoms with Crippen LogP contribution in [-0.2, 0) is 16.0 Å². The molecule has 120 valence electrons. The van der Waals surface area contributed by atoms with E-state index in [-0.39, 0.29) is 6.04 Å². The minimum Gasteiger partial charge on any atom is -0.341 e. The van der Waals surface area contributed by atoms with Gasteiger partial charge in [0.25, 0.3) is 0 Å². The molecule has 2 amide bonds. The number of benzene rings is 1. The van der Waals surface area contributed by atoms with Crippen LogP contribution < -0.4 is 10.6 Å². The normalized spacial score (nSPS) is 11.6. The third kappa shape index (κ3) is 4.64. The second kappa shape index (κ2) is 7.54. The first kappa shape index (κ1) is 16.7. The van der Waals surface area contributed by atoms with Crippen LogP contribution in [0.3, 0.4) is 0 Å². The van der Waals surface area contributed by atoms with Crippen molar-refractivity contribution in [3.8, 4) is 0 Å².